The molecule has 0 saturated heterocycles. The highest BCUT2D eigenvalue weighted by Crippen LogP contribution is 2.21. The minimum atomic E-state index is 0.829. The van der Waals surface area contributed by atoms with Gasteiger partial charge in [0.15, 0.2) is 5.13 Å². The summed E-state index contributed by atoms with van der Waals surface area (Å²) in [4.78, 5) is 11.2. The minimum Gasteiger partial charge on any atom is -0.357 e. The number of nitrogens with zero attached hydrogens (tertiary/aromatic N) is 2. The van der Waals surface area contributed by atoms with E-state index >= 15 is 0 Å². The normalized spacial score (nSPS) is 10.6. The molecule has 2 aromatic heterocycles. The fourth-order valence-corrected chi connectivity index (χ4v) is 3.03. The Balaban J connectivity index is 1.92. The van der Waals surface area contributed by atoms with E-state index in [2.05, 4.69) is 22.2 Å². The SMILES string of the molecule is CCCc1cnc(NCc2scnc2C)s1. The topological polar surface area (TPSA) is 37.8 Å². The van der Waals surface area contributed by atoms with Crippen molar-refractivity contribution in [2.45, 2.75) is 33.2 Å². The van der Waals surface area contributed by atoms with Gasteiger partial charge in [-0.15, -0.1) is 22.7 Å². The van der Waals surface area contributed by atoms with Crippen LogP contribution >= 0.6 is 22.7 Å². The third-order valence-electron chi connectivity index (χ3n) is 2.29. The van der Waals surface area contributed by atoms with Crippen LogP contribution in [0.2, 0.25) is 0 Å². The van der Waals surface area contributed by atoms with E-state index in [4.69, 9.17) is 0 Å². The lowest BCUT2D eigenvalue weighted by atomic mass is 10.3. The van der Waals surface area contributed by atoms with E-state index in [1.807, 2.05) is 18.6 Å². The second-order valence-electron chi connectivity index (χ2n) is 3.60. The first-order valence-corrected chi connectivity index (χ1v) is 7.06. The molecule has 0 spiro atoms. The molecule has 86 valence electrons. The van der Waals surface area contributed by atoms with Crippen molar-refractivity contribution in [3.8, 4) is 0 Å². The molecule has 0 aliphatic rings. The number of nitrogens with one attached hydrogen (secondary N) is 1. The molecule has 0 aliphatic heterocycles. The monoisotopic (exact) mass is 253 g/mol. The standard InChI is InChI=1S/C11H15N3S2/c1-3-4-9-5-12-11(16-9)13-6-10-8(2)14-7-15-10/h5,7H,3-4,6H2,1-2H3,(H,12,13). The highest BCUT2D eigenvalue weighted by Gasteiger charge is 2.03. The molecule has 0 saturated carbocycles. The van der Waals surface area contributed by atoms with Gasteiger partial charge in [0.1, 0.15) is 0 Å². The van der Waals surface area contributed by atoms with Crippen LogP contribution < -0.4 is 5.32 Å². The summed E-state index contributed by atoms with van der Waals surface area (Å²) in [6, 6.07) is 0. The van der Waals surface area contributed by atoms with E-state index in [1.54, 1.807) is 22.7 Å². The van der Waals surface area contributed by atoms with Crippen LogP contribution in [-0.2, 0) is 13.0 Å². The Morgan fingerprint density at radius 3 is 2.94 bits per heavy atom. The van der Waals surface area contributed by atoms with Crippen molar-refractivity contribution < 1.29 is 0 Å². The van der Waals surface area contributed by atoms with Gasteiger partial charge in [0.2, 0.25) is 0 Å². The molecule has 0 bridgehead atoms. The predicted octanol–water partition coefficient (Wildman–Crippen LogP) is 3.47. The van der Waals surface area contributed by atoms with Gasteiger partial charge in [-0.05, 0) is 13.3 Å². The van der Waals surface area contributed by atoms with E-state index in [-0.39, 0.29) is 0 Å². The summed E-state index contributed by atoms with van der Waals surface area (Å²) >= 11 is 3.44. The van der Waals surface area contributed by atoms with Gasteiger partial charge in [-0.3, -0.25) is 0 Å². The maximum Gasteiger partial charge on any atom is 0.183 e. The highest BCUT2D eigenvalue weighted by atomic mass is 32.1. The molecular weight excluding hydrogens is 238 g/mol. The predicted molar refractivity (Wildman–Crippen MR) is 70.3 cm³/mol. The van der Waals surface area contributed by atoms with Crippen LogP contribution in [0.15, 0.2) is 11.7 Å². The molecule has 16 heavy (non-hydrogen) atoms. The Kier molecular flexibility index (Phi) is 3.90. The maximum absolute atomic E-state index is 4.36. The van der Waals surface area contributed by atoms with Gasteiger partial charge >= 0.3 is 0 Å². The number of rotatable bonds is 5. The van der Waals surface area contributed by atoms with Crippen molar-refractivity contribution in [3.63, 3.8) is 0 Å². The van der Waals surface area contributed by atoms with E-state index in [0.29, 0.717) is 0 Å². The number of anilines is 1. The van der Waals surface area contributed by atoms with Gasteiger partial charge in [0, 0.05) is 16.0 Å². The van der Waals surface area contributed by atoms with Crippen LogP contribution in [0, 0.1) is 6.92 Å². The van der Waals surface area contributed by atoms with Crippen LogP contribution in [0.25, 0.3) is 0 Å². The lowest BCUT2D eigenvalue weighted by Crippen LogP contribution is -1.97. The molecule has 3 nitrogen and oxygen atoms in total. The van der Waals surface area contributed by atoms with Crippen molar-refractivity contribution in [1.82, 2.24) is 9.97 Å². The van der Waals surface area contributed by atoms with Crippen molar-refractivity contribution in [2.75, 3.05) is 5.32 Å². The van der Waals surface area contributed by atoms with Gasteiger partial charge in [0.05, 0.1) is 17.7 Å². The molecule has 1 N–H and O–H groups in total. The summed E-state index contributed by atoms with van der Waals surface area (Å²) in [5.41, 5.74) is 3.00. The summed E-state index contributed by atoms with van der Waals surface area (Å²) in [6.07, 6.45) is 4.27. The summed E-state index contributed by atoms with van der Waals surface area (Å²) in [7, 11) is 0. The Hall–Kier alpha value is -0.940. The third kappa shape index (κ3) is 2.80. The molecule has 2 rings (SSSR count). The molecule has 0 amide bonds. The average molecular weight is 253 g/mol. The molecule has 0 radical (unpaired) electrons. The van der Waals surface area contributed by atoms with Gasteiger partial charge < -0.3 is 5.32 Å². The second-order valence-corrected chi connectivity index (χ2v) is 5.65. The number of hydrogen-bond acceptors (Lipinski definition) is 5. The van der Waals surface area contributed by atoms with Crippen molar-refractivity contribution >= 4 is 27.8 Å². The number of aryl methyl sites for hydroxylation is 2. The average Bonchev–Trinajstić information content (AvgIpc) is 2.86. The quantitative estimate of drug-likeness (QED) is 0.886. The Morgan fingerprint density at radius 1 is 1.38 bits per heavy atom. The van der Waals surface area contributed by atoms with Crippen LogP contribution in [-0.4, -0.2) is 9.97 Å². The maximum atomic E-state index is 4.36. The van der Waals surface area contributed by atoms with Gasteiger partial charge in [-0.1, -0.05) is 13.3 Å². The third-order valence-corrected chi connectivity index (χ3v) is 4.24. The lowest BCUT2D eigenvalue weighted by molar-refractivity contribution is 0.936. The fourth-order valence-electron chi connectivity index (χ4n) is 1.40. The van der Waals surface area contributed by atoms with Crippen molar-refractivity contribution in [3.05, 3.63) is 27.2 Å². The molecule has 2 aromatic rings. The number of aromatic nitrogens is 2. The molecule has 0 aromatic carbocycles. The van der Waals surface area contributed by atoms with Crippen LogP contribution in [0.3, 0.4) is 0 Å². The van der Waals surface area contributed by atoms with Crippen molar-refractivity contribution in [1.29, 1.82) is 0 Å². The molecular formula is C11H15N3S2. The zero-order chi connectivity index (χ0) is 11.4. The molecule has 0 atom stereocenters. The largest absolute Gasteiger partial charge is 0.357 e. The smallest absolute Gasteiger partial charge is 0.183 e. The van der Waals surface area contributed by atoms with E-state index in [1.165, 1.54) is 16.2 Å². The van der Waals surface area contributed by atoms with E-state index in [9.17, 15) is 0 Å². The van der Waals surface area contributed by atoms with E-state index < -0.39 is 0 Å². The number of hydrogen-bond donors (Lipinski definition) is 1. The van der Waals surface area contributed by atoms with Crippen LogP contribution in [0.1, 0.15) is 28.8 Å². The molecule has 0 unspecified atom stereocenters. The number of thiazole rings is 2. The van der Waals surface area contributed by atoms with Crippen LogP contribution in [0.4, 0.5) is 5.13 Å². The first-order valence-electron chi connectivity index (χ1n) is 5.37. The van der Waals surface area contributed by atoms with E-state index in [0.717, 1.165) is 23.8 Å². The molecule has 5 heteroatoms. The first-order chi connectivity index (χ1) is 7.79. The van der Waals surface area contributed by atoms with Crippen molar-refractivity contribution in [2.24, 2.45) is 0 Å². The second kappa shape index (κ2) is 5.41. The van der Waals surface area contributed by atoms with Gasteiger partial charge in [0.25, 0.3) is 0 Å². The van der Waals surface area contributed by atoms with Crippen LogP contribution in [0.5, 0.6) is 0 Å². The van der Waals surface area contributed by atoms with Gasteiger partial charge in [-0.2, -0.15) is 0 Å². The van der Waals surface area contributed by atoms with Gasteiger partial charge in [-0.25, -0.2) is 9.97 Å². The zero-order valence-corrected chi connectivity index (χ0v) is 11.1. The summed E-state index contributed by atoms with van der Waals surface area (Å²) < 4.78 is 0. The minimum absolute atomic E-state index is 0.829. The fraction of sp³-hybridized carbons (Fsp3) is 0.455. The Morgan fingerprint density at radius 2 is 2.25 bits per heavy atom. The molecule has 2 heterocycles. The lowest BCUT2D eigenvalue weighted by Gasteiger charge is -1.99. The summed E-state index contributed by atoms with van der Waals surface area (Å²) in [6.45, 7) is 5.06. The zero-order valence-electron chi connectivity index (χ0n) is 9.49. The molecule has 0 fully saturated rings. The highest BCUT2D eigenvalue weighted by molar-refractivity contribution is 7.15. The summed E-state index contributed by atoms with van der Waals surface area (Å²) in [5, 5.41) is 4.35. The summed E-state index contributed by atoms with van der Waals surface area (Å²) in [5.74, 6) is 0. The Labute approximate surface area is 104 Å². The Bertz CT molecular complexity index is 448. The first kappa shape index (κ1) is 11.5. The molecule has 0 aliphatic carbocycles.